The van der Waals surface area contributed by atoms with Crippen LogP contribution in [0.1, 0.15) is 14.5 Å². The van der Waals surface area contributed by atoms with Crippen LogP contribution in [0.25, 0.3) is 22.6 Å². The predicted octanol–water partition coefficient (Wildman–Crippen LogP) is 3.24. The highest BCUT2D eigenvalue weighted by atomic mass is 32.1. The number of furan rings is 2. The SMILES string of the molecule is N#Cc1sc(C(N)=O)c(-c2ccco2)c1-c1ccco1. The van der Waals surface area contributed by atoms with E-state index in [1.54, 1.807) is 24.3 Å². The summed E-state index contributed by atoms with van der Waals surface area (Å²) in [6.45, 7) is 0. The van der Waals surface area contributed by atoms with Crippen molar-refractivity contribution in [2.45, 2.75) is 0 Å². The fraction of sp³-hybridized carbons (Fsp3) is 0. The van der Waals surface area contributed by atoms with E-state index in [1.807, 2.05) is 0 Å². The highest BCUT2D eigenvalue weighted by Crippen LogP contribution is 2.43. The summed E-state index contributed by atoms with van der Waals surface area (Å²) in [6.07, 6.45) is 3.00. The first-order valence-electron chi connectivity index (χ1n) is 5.66. The van der Waals surface area contributed by atoms with Crippen LogP contribution in [0, 0.1) is 11.3 Å². The highest BCUT2D eigenvalue weighted by molar-refractivity contribution is 7.15. The number of primary amides is 1. The first-order valence-corrected chi connectivity index (χ1v) is 6.48. The normalized spacial score (nSPS) is 10.3. The number of nitrogens with two attached hydrogens (primary N) is 1. The molecule has 6 heteroatoms. The van der Waals surface area contributed by atoms with Gasteiger partial charge in [-0.1, -0.05) is 0 Å². The first kappa shape index (κ1) is 12.3. The Morgan fingerprint density at radius 1 is 1.15 bits per heavy atom. The summed E-state index contributed by atoms with van der Waals surface area (Å²) in [7, 11) is 0. The van der Waals surface area contributed by atoms with E-state index in [0.29, 0.717) is 27.5 Å². The minimum Gasteiger partial charge on any atom is -0.464 e. The van der Waals surface area contributed by atoms with Gasteiger partial charge in [-0.3, -0.25) is 4.79 Å². The van der Waals surface area contributed by atoms with Crippen molar-refractivity contribution in [2.24, 2.45) is 5.73 Å². The third-order valence-electron chi connectivity index (χ3n) is 2.77. The Balaban J connectivity index is 2.37. The summed E-state index contributed by atoms with van der Waals surface area (Å²) in [5.41, 5.74) is 6.43. The van der Waals surface area contributed by atoms with Crippen molar-refractivity contribution in [3.05, 3.63) is 46.5 Å². The lowest BCUT2D eigenvalue weighted by atomic mass is 10.0. The number of nitriles is 1. The second kappa shape index (κ2) is 4.72. The number of rotatable bonds is 3. The van der Waals surface area contributed by atoms with Gasteiger partial charge in [0.15, 0.2) is 0 Å². The second-order valence-electron chi connectivity index (χ2n) is 3.94. The number of nitrogens with zero attached hydrogens (tertiary/aromatic N) is 1. The van der Waals surface area contributed by atoms with Gasteiger partial charge in [0.2, 0.25) is 0 Å². The number of hydrogen-bond acceptors (Lipinski definition) is 5. The highest BCUT2D eigenvalue weighted by Gasteiger charge is 2.26. The molecule has 5 nitrogen and oxygen atoms in total. The van der Waals surface area contributed by atoms with E-state index >= 15 is 0 Å². The van der Waals surface area contributed by atoms with Crippen LogP contribution in [0.5, 0.6) is 0 Å². The van der Waals surface area contributed by atoms with E-state index in [1.165, 1.54) is 12.5 Å². The van der Waals surface area contributed by atoms with Crippen LogP contribution in [0.15, 0.2) is 45.6 Å². The molecule has 98 valence electrons. The minimum atomic E-state index is -0.601. The van der Waals surface area contributed by atoms with Gasteiger partial charge in [0.1, 0.15) is 27.3 Å². The fourth-order valence-electron chi connectivity index (χ4n) is 2.00. The molecule has 0 aliphatic rings. The number of thiophene rings is 1. The van der Waals surface area contributed by atoms with Crippen molar-refractivity contribution in [3.8, 4) is 28.7 Å². The molecule has 0 spiro atoms. The molecule has 3 aromatic heterocycles. The molecule has 2 N–H and O–H groups in total. The molecule has 3 aromatic rings. The van der Waals surface area contributed by atoms with E-state index in [0.717, 1.165) is 11.3 Å². The van der Waals surface area contributed by atoms with Gasteiger partial charge >= 0.3 is 0 Å². The van der Waals surface area contributed by atoms with Crippen molar-refractivity contribution >= 4 is 17.2 Å². The number of carbonyl (C=O) groups is 1. The van der Waals surface area contributed by atoms with E-state index in [-0.39, 0.29) is 4.88 Å². The quantitative estimate of drug-likeness (QED) is 0.798. The molecule has 0 unspecified atom stereocenters. The van der Waals surface area contributed by atoms with Crippen LogP contribution in [0.2, 0.25) is 0 Å². The zero-order chi connectivity index (χ0) is 14.1. The lowest BCUT2D eigenvalue weighted by Gasteiger charge is -2.01. The largest absolute Gasteiger partial charge is 0.464 e. The molecular weight excluding hydrogens is 276 g/mol. The molecule has 0 saturated heterocycles. The van der Waals surface area contributed by atoms with Crippen LogP contribution in [-0.4, -0.2) is 5.91 Å². The molecule has 3 heterocycles. The molecular formula is C14H8N2O3S. The van der Waals surface area contributed by atoms with E-state index in [2.05, 4.69) is 6.07 Å². The van der Waals surface area contributed by atoms with Gasteiger partial charge in [-0.15, -0.1) is 11.3 Å². The molecule has 0 atom stereocenters. The standard InChI is InChI=1S/C14H8N2O3S/c15-7-10-11(8-3-1-5-18-8)12(9-4-2-6-19-9)13(20-10)14(16)17/h1-6H,(H2,16,17). The minimum absolute atomic E-state index is 0.280. The van der Waals surface area contributed by atoms with Gasteiger partial charge < -0.3 is 14.6 Å². The lowest BCUT2D eigenvalue weighted by Crippen LogP contribution is -2.09. The maximum atomic E-state index is 11.6. The van der Waals surface area contributed by atoms with Crippen LogP contribution >= 0.6 is 11.3 Å². The maximum Gasteiger partial charge on any atom is 0.259 e. The summed E-state index contributed by atoms with van der Waals surface area (Å²) in [5, 5.41) is 9.27. The van der Waals surface area contributed by atoms with Crippen LogP contribution in [0.3, 0.4) is 0 Å². The summed E-state index contributed by atoms with van der Waals surface area (Å²) in [4.78, 5) is 12.3. The van der Waals surface area contributed by atoms with E-state index in [4.69, 9.17) is 14.6 Å². The Hall–Kier alpha value is -2.78. The number of carbonyl (C=O) groups excluding carboxylic acids is 1. The molecule has 0 bridgehead atoms. The van der Waals surface area contributed by atoms with E-state index in [9.17, 15) is 10.1 Å². The zero-order valence-electron chi connectivity index (χ0n) is 10.1. The van der Waals surface area contributed by atoms with Crippen molar-refractivity contribution in [1.29, 1.82) is 5.26 Å². The first-order chi connectivity index (χ1) is 9.72. The summed E-state index contributed by atoms with van der Waals surface area (Å²) in [6, 6.07) is 8.92. The van der Waals surface area contributed by atoms with Crippen molar-refractivity contribution in [2.75, 3.05) is 0 Å². The molecule has 20 heavy (non-hydrogen) atoms. The zero-order valence-corrected chi connectivity index (χ0v) is 10.9. The Labute approximate surface area is 117 Å². The van der Waals surface area contributed by atoms with Crippen molar-refractivity contribution in [1.82, 2.24) is 0 Å². The Bertz CT molecular complexity index is 792. The van der Waals surface area contributed by atoms with Gasteiger partial charge in [0.05, 0.1) is 23.7 Å². The molecule has 0 aliphatic carbocycles. The van der Waals surface area contributed by atoms with Crippen LogP contribution in [0.4, 0.5) is 0 Å². The average molecular weight is 284 g/mol. The number of amides is 1. The van der Waals surface area contributed by atoms with Crippen molar-refractivity contribution in [3.63, 3.8) is 0 Å². The Morgan fingerprint density at radius 3 is 2.20 bits per heavy atom. The Kier molecular flexibility index (Phi) is 2.89. The van der Waals surface area contributed by atoms with Gasteiger partial charge in [-0.2, -0.15) is 5.26 Å². The smallest absolute Gasteiger partial charge is 0.259 e. The molecule has 0 fully saturated rings. The molecule has 0 saturated carbocycles. The van der Waals surface area contributed by atoms with Crippen molar-refractivity contribution < 1.29 is 13.6 Å². The molecule has 1 amide bonds. The van der Waals surface area contributed by atoms with Gasteiger partial charge in [-0.05, 0) is 24.3 Å². The van der Waals surface area contributed by atoms with Crippen LogP contribution < -0.4 is 5.73 Å². The third-order valence-corrected chi connectivity index (χ3v) is 3.88. The van der Waals surface area contributed by atoms with Crippen LogP contribution in [-0.2, 0) is 0 Å². The summed E-state index contributed by atoms with van der Waals surface area (Å²) < 4.78 is 10.7. The monoisotopic (exact) mass is 284 g/mol. The van der Waals surface area contributed by atoms with Gasteiger partial charge in [0, 0.05) is 0 Å². The third kappa shape index (κ3) is 1.81. The number of hydrogen-bond donors (Lipinski definition) is 1. The van der Waals surface area contributed by atoms with Gasteiger partial charge in [0.25, 0.3) is 5.91 Å². The maximum absolute atomic E-state index is 11.6. The summed E-state index contributed by atoms with van der Waals surface area (Å²) in [5.74, 6) is 0.371. The Morgan fingerprint density at radius 2 is 1.75 bits per heavy atom. The lowest BCUT2D eigenvalue weighted by molar-refractivity contribution is 0.100. The van der Waals surface area contributed by atoms with Gasteiger partial charge in [-0.25, -0.2) is 0 Å². The second-order valence-corrected chi connectivity index (χ2v) is 4.96. The predicted molar refractivity (Wildman–Crippen MR) is 73.0 cm³/mol. The molecule has 0 radical (unpaired) electrons. The fourth-order valence-corrected chi connectivity index (χ4v) is 2.96. The summed E-state index contributed by atoms with van der Waals surface area (Å²) >= 11 is 1.04. The molecule has 0 aromatic carbocycles. The topological polar surface area (TPSA) is 93.2 Å². The molecule has 3 rings (SSSR count). The van der Waals surface area contributed by atoms with E-state index < -0.39 is 5.91 Å². The molecule has 0 aliphatic heterocycles. The average Bonchev–Trinajstić information content (AvgIpc) is 3.17.